The van der Waals surface area contributed by atoms with Crippen LogP contribution >= 0.6 is 15.9 Å². The molecule has 3 rings (SSSR count). The van der Waals surface area contributed by atoms with Crippen molar-refractivity contribution in [2.75, 3.05) is 13.2 Å². The zero-order chi connectivity index (χ0) is 14.0. The van der Waals surface area contributed by atoms with E-state index in [1.165, 1.54) is 6.33 Å². The van der Waals surface area contributed by atoms with Gasteiger partial charge in [-0.15, -0.1) is 0 Å². The van der Waals surface area contributed by atoms with Crippen LogP contribution in [0.5, 0.6) is 0 Å². The number of nitrogens with zero attached hydrogens (tertiary/aromatic N) is 3. The Labute approximate surface area is 124 Å². The monoisotopic (exact) mass is 339 g/mol. The predicted molar refractivity (Wildman–Crippen MR) is 73.8 cm³/mol. The van der Waals surface area contributed by atoms with Crippen LogP contribution in [0.3, 0.4) is 0 Å². The van der Waals surface area contributed by atoms with E-state index in [0.717, 1.165) is 10.0 Å². The molecule has 0 saturated carbocycles. The van der Waals surface area contributed by atoms with E-state index in [1.807, 2.05) is 24.3 Å². The van der Waals surface area contributed by atoms with E-state index < -0.39 is 5.79 Å². The Bertz CT molecular complexity index is 561. The van der Waals surface area contributed by atoms with Crippen molar-refractivity contribution in [1.82, 2.24) is 14.8 Å². The fourth-order valence-electron chi connectivity index (χ4n) is 2.21. The number of ether oxygens (including phenoxy) is 2. The first-order chi connectivity index (χ1) is 9.72. The van der Waals surface area contributed by atoms with E-state index in [2.05, 4.69) is 26.0 Å². The van der Waals surface area contributed by atoms with Crippen LogP contribution in [0, 0.1) is 0 Å². The van der Waals surface area contributed by atoms with E-state index >= 15 is 0 Å². The third-order valence-electron chi connectivity index (χ3n) is 3.18. The number of hydrogen-bond donors (Lipinski definition) is 1. The summed E-state index contributed by atoms with van der Waals surface area (Å²) in [6, 6.07) is 7.72. The zero-order valence-corrected chi connectivity index (χ0v) is 12.2. The van der Waals surface area contributed by atoms with Crippen LogP contribution in [0.4, 0.5) is 0 Å². The van der Waals surface area contributed by atoms with Gasteiger partial charge in [-0.3, -0.25) is 0 Å². The molecule has 0 bridgehead atoms. The molecule has 2 heterocycles. The van der Waals surface area contributed by atoms with Crippen LogP contribution in [-0.2, 0) is 21.8 Å². The molecule has 0 spiro atoms. The second-order valence-corrected chi connectivity index (χ2v) is 5.50. The van der Waals surface area contributed by atoms with Gasteiger partial charge in [0.1, 0.15) is 25.3 Å². The topological polar surface area (TPSA) is 69.4 Å². The molecule has 2 aromatic rings. The van der Waals surface area contributed by atoms with Crippen LogP contribution in [0.25, 0.3) is 0 Å². The Kier molecular flexibility index (Phi) is 3.84. The summed E-state index contributed by atoms with van der Waals surface area (Å²) >= 11 is 3.41. The van der Waals surface area contributed by atoms with E-state index in [1.54, 1.807) is 11.0 Å². The van der Waals surface area contributed by atoms with Gasteiger partial charge >= 0.3 is 0 Å². The third kappa shape index (κ3) is 2.62. The first-order valence-corrected chi connectivity index (χ1v) is 7.02. The summed E-state index contributed by atoms with van der Waals surface area (Å²) in [5.41, 5.74) is 0.882. The molecular formula is C13H14BrN3O3. The number of rotatable bonds is 4. The molecule has 1 N–H and O–H groups in total. The summed E-state index contributed by atoms with van der Waals surface area (Å²) in [7, 11) is 0. The van der Waals surface area contributed by atoms with Crippen LogP contribution in [-0.4, -0.2) is 39.2 Å². The van der Waals surface area contributed by atoms with E-state index in [4.69, 9.17) is 9.47 Å². The number of hydrogen-bond acceptors (Lipinski definition) is 5. The predicted octanol–water partition coefficient (Wildman–Crippen LogP) is 1.30. The Morgan fingerprint density at radius 1 is 1.40 bits per heavy atom. The second kappa shape index (κ2) is 5.61. The van der Waals surface area contributed by atoms with Crippen molar-refractivity contribution in [3.05, 3.63) is 47.0 Å². The minimum Gasteiger partial charge on any atom is -0.394 e. The molecule has 106 valence electrons. The summed E-state index contributed by atoms with van der Waals surface area (Å²) < 4.78 is 14.4. The Hall–Kier alpha value is -1.28. The summed E-state index contributed by atoms with van der Waals surface area (Å²) in [5.74, 6) is -0.943. The third-order valence-corrected chi connectivity index (χ3v) is 3.71. The highest BCUT2D eigenvalue weighted by Gasteiger charge is 2.43. The molecule has 2 unspecified atom stereocenters. The molecule has 6 nitrogen and oxygen atoms in total. The van der Waals surface area contributed by atoms with E-state index in [0.29, 0.717) is 13.2 Å². The number of aliphatic hydroxyl groups excluding tert-OH is 1. The lowest BCUT2D eigenvalue weighted by molar-refractivity contribution is -0.191. The fourth-order valence-corrected chi connectivity index (χ4v) is 2.48. The lowest BCUT2D eigenvalue weighted by Crippen LogP contribution is -2.34. The molecule has 1 aliphatic rings. The Morgan fingerprint density at radius 2 is 2.20 bits per heavy atom. The second-order valence-electron chi connectivity index (χ2n) is 4.59. The van der Waals surface area contributed by atoms with Gasteiger partial charge in [-0.05, 0) is 12.1 Å². The van der Waals surface area contributed by atoms with Gasteiger partial charge in [-0.2, -0.15) is 5.10 Å². The summed E-state index contributed by atoms with van der Waals surface area (Å²) in [4.78, 5) is 3.93. The Morgan fingerprint density at radius 3 is 2.80 bits per heavy atom. The molecule has 0 amide bonds. The number of benzene rings is 1. The lowest BCUT2D eigenvalue weighted by Gasteiger charge is -2.28. The van der Waals surface area contributed by atoms with Crippen molar-refractivity contribution in [2.45, 2.75) is 18.4 Å². The molecular weight excluding hydrogens is 326 g/mol. The minimum absolute atomic E-state index is 0.0738. The van der Waals surface area contributed by atoms with Gasteiger partial charge in [0, 0.05) is 10.0 Å². The maximum Gasteiger partial charge on any atom is 0.215 e. The van der Waals surface area contributed by atoms with Crippen molar-refractivity contribution in [2.24, 2.45) is 0 Å². The van der Waals surface area contributed by atoms with Crippen LogP contribution in [0.1, 0.15) is 5.56 Å². The average molecular weight is 340 g/mol. The van der Waals surface area contributed by atoms with Crippen molar-refractivity contribution >= 4 is 15.9 Å². The zero-order valence-electron chi connectivity index (χ0n) is 10.6. The molecule has 0 radical (unpaired) electrons. The van der Waals surface area contributed by atoms with Crippen LogP contribution < -0.4 is 0 Å². The molecule has 1 aromatic carbocycles. The fraction of sp³-hybridized carbons (Fsp3) is 0.385. The average Bonchev–Trinajstić information content (AvgIpc) is 3.10. The van der Waals surface area contributed by atoms with Crippen molar-refractivity contribution in [3.63, 3.8) is 0 Å². The summed E-state index contributed by atoms with van der Waals surface area (Å²) in [6.45, 7) is 0.655. The largest absolute Gasteiger partial charge is 0.394 e. The molecule has 1 aromatic heterocycles. The lowest BCUT2D eigenvalue weighted by atomic mass is 10.1. The van der Waals surface area contributed by atoms with Crippen LogP contribution in [0.2, 0.25) is 0 Å². The molecule has 20 heavy (non-hydrogen) atoms. The normalized spacial score (nSPS) is 26.0. The van der Waals surface area contributed by atoms with Gasteiger partial charge in [0.2, 0.25) is 5.79 Å². The van der Waals surface area contributed by atoms with Gasteiger partial charge < -0.3 is 14.6 Å². The van der Waals surface area contributed by atoms with E-state index in [-0.39, 0.29) is 12.7 Å². The maximum atomic E-state index is 9.27. The molecule has 2 atom stereocenters. The van der Waals surface area contributed by atoms with Crippen molar-refractivity contribution in [1.29, 1.82) is 0 Å². The molecule has 1 fully saturated rings. The maximum absolute atomic E-state index is 9.27. The standard InChI is InChI=1S/C13H14BrN3O3/c14-11-3-1-10(2-4-11)13(7-17-9-15-8-16-17)19-6-12(5-18)20-13/h1-4,8-9,12,18H,5-7H2. The summed E-state index contributed by atoms with van der Waals surface area (Å²) in [5, 5.41) is 13.4. The highest BCUT2D eigenvalue weighted by molar-refractivity contribution is 9.10. The molecule has 1 aliphatic heterocycles. The highest BCUT2D eigenvalue weighted by atomic mass is 79.9. The first kappa shape index (κ1) is 13.7. The molecule has 0 aliphatic carbocycles. The van der Waals surface area contributed by atoms with Crippen molar-refractivity contribution < 1.29 is 14.6 Å². The SMILES string of the molecule is OCC1COC(Cn2cncn2)(c2ccc(Br)cc2)O1. The summed E-state index contributed by atoms with van der Waals surface area (Å²) in [6.07, 6.45) is 2.75. The van der Waals surface area contributed by atoms with Gasteiger partial charge in [0.15, 0.2) is 0 Å². The van der Waals surface area contributed by atoms with E-state index in [9.17, 15) is 5.11 Å². The van der Waals surface area contributed by atoms with Gasteiger partial charge in [0.25, 0.3) is 0 Å². The minimum atomic E-state index is -0.943. The quantitative estimate of drug-likeness (QED) is 0.909. The van der Waals surface area contributed by atoms with Crippen molar-refractivity contribution in [3.8, 4) is 0 Å². The highest BCUT2D eigenvalue weighted by Crippen LogP contribution is 2.36. The van der Waals surface area contributed by atoms with Gasteiger partial charge in [-0.25, -0.2) is 9.67 Å². The number of aliphatic hydroxyl groups is 1. The molecule has 1 saturated heterocycles. The first-order valence-electron chi connectivity index (χ1n) is 6.23. The number of aromatic nitrogens is 3. The number of halogens is 1. The van der Waals surface area contributed by atoms with Gasteiger partial charge in [-0.1, -0.05) is 28.1 Å². The van der Waals surface area contributed by atoms with Crippen LogP contribution in [0.15, 0.2) is 41.4 Å². The Balaban J connectivity index is 1.93. The van der Waals surface area contributed by atoms with Gasteiger partial charge in [0.05, 0.1) is 13.2 Å². The molecule has 7 heteroatoms. The smallest absolute Gasteiger partial charge is 0.215 e.